The van der Waals surface area contributed by atoms with Crippen LogP contribution in [0.5, 0.6) is 0 Å². The molecular formula is C24H50O2. The minimum absolute atomic E-state index is 0.0955. The smallest absolute Gasteiger partial charge is 0.176 e. The Morgan fingerprint density at radius 3 is 1.42 bits per heavy atom. The van der Waals surface area contributed by atoms with Crippen molar-refractivity contribution in [3.8, 4) is 0 Å². The zero-order valence-electron chi connectivity index (χ0n) is 20.0. The third-order valence-corrected chi connectivity index (χ3v) is 5.22. The Balaban J connectivity index is 5.58. The normalized spacial score (nSPS) is 15.1. The Bertz CT molecular complexity index is 347. The van der Waals surface area contributed by atoms with E-state index in [9.17, 15) is 0 Å². The average molecular weight is 371 g/mol. The first-order chi connectivity index (χ1) is 11.8. The third kappa shape index (κ3) is 8.30. The van der Waals surface area contributed by atoms with Crippen molar-refractivity contribution < 1.29 is 9.47 Å². The molecule has 0 rings (SSSR count). The van der Waals surface area contributed by atoms with Crippen molar-refractivity contribution in [1.82, 2.24) is 0 Å². The van der Waals surface area contributed by atoms with E-state index in [-0.39, 0.29) is 23.0 Å². The molecule has 1 atom stereocenters. The summed E-state index contributed by atoms with van der Waals surface area (Å²) in [6.07, 6.45) is 9.40. The van der Waals surface area contributed by atoms with Crippen LogP contribution < -0.4 is 0 Å². The van der Waals surface area contributed by atoms with Crippen LogP contribution in [0.4, 0.5) is 0 Å². The van der Waals surface area contributed by atoms with Gasteiger partial charge in [0.15, 0.2) is 5.79 Å². The van der Waals surface area contributed by atoms with Crippen LogP contribution in [-0.4, -0.2) is 18.0 Å². The molecule has 0 aliphatic carbocycles. The van der Waals surface area contributed by atoms with E-state index < -0.39 is 5.79 Å². The summed E-state index contributed by atoms with van der Waals surface area (Å²) in [6.45, 7) is 24.7. The maximum absolute atomic E-state index is 6.68. The summed E-state index contributed by atoms with van der Waals surface area (Å²) in [7, 11) is 0. The van der Waals surface area contributed by atoms with Crippen molar-refractivity contribution in [3.05, 3.63) is 0 Å². The fourth-order valence-electron chi connectivity index (χ4n) is 4.09. The lowest BCUT2D eigenvalue weighted by molar-refractivity contribution is -0.354. The van der Waals surface area contributed by atoms with E-state index in [2.05, 4.69) is 76.2 Å². The van der Waals surface area contributed by atoms with Gasteiger partial charge in [-0.3, -0.25) is 0 Å². The molecule has 2 nitrogen and oxygen atoms in total. The molecule has 158 valence electrons. The highest BCUT2D eigenvalue weighted by Gasteiger charge is 2.55. The van der Waals surface area contributed by atoms with Crippen molar-refractivity contribution in [2.75, 3.05) is 0 Å². The van der Waals surface area contributed by atoms with E-state index >= 15 is 0 Å². The van der Waals surface area contributed by atoms with E-state index in [1.54, 1.807) is 0 Å². The summed E-state index contributed by atoms with van der Waals surface area (Å²) in [5.41, 5.74) is 0.0299. The molecule has 0 spiro atoms. The molecule has 0 amide bonds. The Morgan fingerprint density at radius 1 is 0.654 bits per heavy atom. The Morgan fingerprint density at radius 2 is 1.08 bits per heavy atom. The summed E-state index contributed by atoms with van der Waals surface area (Å²) in [4.78, 5) is 0. The van der Waals surface area contributed by atoms with Crippen LogP contribution in [0.25, 0.3) is 0 Å². The van der Waals surface area contributed by atoms with Crippen molar-refractivity contribution in [1.29, 1.82) is 0 Å². The molecule has 0 N–H and O–H groups in total. The van der Waals surface area contributed by atoms with Crippen LogP contribution in [0.15, 0.2) is 0 Å². The molecule has 1 unspecified atom stereocenters. The second-order valence-corrected chi connectivity index (χ2v) is 10.7. The van der Waals surface area contributed by atoms with E-state index in [1.807, 2.05) is 0 Å². The standard InChI is InChI=1S/C24H50O2/c1-12-13-14-15-16-17-18-21(22(6,7)8)24(23(9,10)11,25-19(2)3)26-20(4)5/h19-21H,12-18H2,1-11H3. The lowest BCUT2D eigenvalue weighted by Gasteiger charge is -2.54. The zero-order chi connectivity index (χ0) is 20.6. The molecule has 0 fully saturated rings. The fraction of sp³-hybridized carbons (Fsp3) is 1.00. The molecule has 0 bridgehead atoms. The second kappa shape index (κ2) is 11.1. The number of unbranched alkanes of at least 4 members (excludes halogenated alkanes) is 5. The van der Waals surface area contributed by atoms with E-state index in [4.69, 9.17) is 9.47 Å². The van der Waals surface area contributed by atoms with Crippen molar-refractivity contribution in [2.45, 2.75) is 139 Å². The van der Waals surface area contributed by atoms with Crippen molar-refractivity contribution in [3.63, 3.8) is 0 Å². The van der Waals surface area contributed by atoms with Gasteiger partial charge in [0.1, 0.15) is 0 Å². The average Bonchev–Trinajstić information content (AvgIpc) is 2.42. The molecule has 0 saturated carbocycles. The van der Waals surface area contributed by atoms with Crippen LogP contribution in [-0.2, 0) is 9.47 Å². The van der Waals surface area contributed by atoms with Crippen LogP contribution in [0, 0.1) is 16.7 Å². The number of ether oxygens (including phenoxy) is 2. The maximum atomic E-state index is 6.68. The first-order valence-electron chi connectivity index (χ1n) is 11.1. The highest BCUT2D eigenvalue weighted by molar-refractivity contribution is 4.96. The van der Waals surface area contributed by atoms with Crippen LogP contribution in [0.2, 0.25) is 0 Å². The van der Waals surface area contributed by atoms with Crippen molar-refractivity contribution in [2.24, 2.45) is 16.7 Å². The second-order valence-electron chi connectivity index (χ2n) is 10.7. The molecule has 0 saturated heterocycles. The summed E-state index contributed by atoms with van der Waals surface area (Å²) in [5.74, 6) is -0.220. The fourth-order valence-corrected chi connectivity index (χ4v) is 4.09. The van der Waals surface area contributed by atoms with Gasteiger partial charge in [-0.25, -0.2) is 0 Å². The largest absolute Gasteiger partial charge is 0.346 e. The number of rotatable bonds is 12. The van der Waals surface area contributed by atoms with Gasteiger partial charge < -0.3 is 9.47 Å². The van der Waals surface area contributed by atoms with Crippen LogP contribution in [0.3, 0.4) is 0 Å². The first-order valence-corrected chi connectivity index (χ1v) is 11.1. The third-order valence-electron chi connectivity index (χ3n) is 5.22. The van der Waals surface area contributed by atoms with Gasteiger partial charge in [0.2, 0.25) is 0 Å². The van der Waals surface area contributed by atoms with Gasteiger partial charge in [0, 0.05) is 11.3 Å². The molecule has 0 aromatic carbocycles. The monoisotopic (exact) mass is 370 g/mol. The van der Waals surface area contributed by atoms with Crippen molar-refractivity contribution >= 4 is 0 Å². The quantitative estimate of drug-likeness (QED) is 0.256. The highest BCUT2D eigenvalue weighted by atomic mass is 16.7. The molecule has 26 heavy (non-hydrogen) atoms. The van der Waals surface area contributed by atoms with Gasteiger partial charge in [-0.2, -0.15) is 0 Å². The first kappa shape index (κ1) is 25.9. The molecule has 0 aliphatic heterocycles. The number of hydrogen-bond acceptors (Lipinski definition) is 2. The molecular weight excluding hydrogens is 320 g/mol. The lowest BCUT2D eigenvalue weighted by atomic mass is 9.65. The molecule has 0 aliphatic rings. The highest BCUT2D eigenvalue weighted by Crippen LogP contribution is 2.51. The maximum Gasteiger partial charge on any atom is 0.176 e. The Hall–Kier alpha value is -0.0800. The van der Waals surface area contributed by atoms with E-state index in [1.165, 1.54) is 38.5 Å². The molecule has 0 radical (unpaired) electrons. The van der Waals surface area contributed by atoms with Gasteiger partial charge in [-0.1, -0.05) is 87.0 Å². The lowest BCUT2D eigenvalue weighted by Crippen LogP contribution is -2.59. The van der Waals surface area contributed by atoms with Gasteiger partial charge in [-0.15, -0.1) is 0 Å². The number of hydrogen-bond donors (Lipinski definition) is 0. The predicted octanol–water partition coefficient (Wildman–Crippen LogP) is 7.99. The molecule has 0 heterocycles. The summed E-state index contributed by atoms with van der Waals surface area (Å²) in [6, 6.07) is 0. The van der Waals surface area contributed by atoms with E-state index in [0.29, 0.717) is 5.92 Å². The SMILES string of the molecule is CCCCCCCCC(C(C)(C)C)C(OC(C)C)(OC(C)C)C(C)(C)C. The Kier molecular flexibility index (Phi) is 11.0. The van der Waals surface area contributed by atoms with Gasteiger partial charge >= 0.3 is 0 Å². The topological polar surface area (TPSA) is 18.5 Å². The molecule has 0 aromatic heterocycles. The minimum atomic E-state index is -0.572. The summed E-state index contributed by atoms with van der Waals surface area (Å²) >= 11 is 0. The van der Waals surface area contributed by atoms with Crippen LogP contribution in [0.1, 0.15) is 121 Å². The van der Waals surface area contributed by atoms with Crippen LogP contribution >= 0.6 is 0 Å². The molecule has 0 aromatic rings. The van der Waals surface area contributed by atoms with Gasteiger partial charge in [-0.05, 0) is 39.5 Å². The van der Waals surface area contributed by atoms with E-state index in [0.717, 1.165) is 6.42 Å². The zero-order valence-corrected chi connectivity index (χ0v) is 20.0. The van der Waals surface area contributed by atoms with Gasteiger partial charge in [0.25, 0.3) is 0 Å². The summed E-state index contributed by atoms with van der Waals surface area (Å²) in [5, 5.41) is 0. The summed E-state index contributed by atoms with van der Waals surface area (Å²) < 4.78 is 13.4. The predicted molar refractivity (Wildman–Crippen MR) is 116 cm³/mol. The Labute approximate surface area is 165 Å². The minimum Gasteiger partial charge on any atom is -0.346 e. The molecule has 2 heteroatoms. The van der Waals surface area contributed by atoms with Gasteiger partial charge in [0.05, 0.1) is 12.2 Å².